The number of hydrogen-bond acceptors (Lipinski definition) is 5. The molecule has 1 N–H and O–H groups in total. The van der Waals surface area contributed by atoms with E-state index in [1.54, 1.807) is 0 Å². The minimum Gasteiger partial charge on any atom is -0.464 e. The molecular formula is C16H12ClF3N4O4S. The van der Waals surface area contributed by atoms with Crippen molar-refractivity contribution in [2.45, 2.75) is 17.1 Å². The molecule has 1 aromatic carbocycles. The molecule has 0 aliphatic rings. The van der Waals surface area contributed by atoms with Gasteiger partial charge in [0.2, 0.25) is 10.0 Å². The van der Waals surface area contributed by atoms with Gasteiger partial charge < -0.3 is 5.11 Å². The van der Waals surface area contributed by atoms with E-state index in [0.717, 1.165) is 42.9 Å². The molecule has 154 valence electrons. The summed E-state index contributed by atoms with van der Waals surface area (Å²) in [5.74, 6) is -3.70. The Hall–Kier alpha value is -2.70. The van der Waals surface area contributed by atoms with Crippen molar-refractivity contribution in [3.63, 3.8) is 0 Å². The summed E-state index contributed by atoms with van der Waals surface area (Å²) in [4.78, 5) is 17.9. The Balaban J connectivity index is 2.10. The number of hydrogen-bond donors (Lipinski definition) is 1. The molecule has 0 amide bonds. The van der Waals surface area contributed by atoms with Crippen LogP contribution in [0, 0.1) is 0 Å². The summed E-state index contributed by atoms with van der Waals surface area (Å²) >= 11 is 5.69. The zero-order valence-electron chi connectivity index (χ0n) is 14.5. The zero-order chi connectivity index (χ0) is 21.6. The Morgan fingerprint density at radius 1 is 1.28 bits per heavy atom. The number of fused-ring (bicyclic) bond motifs is 1. The van der Waals surface area contributed by atoms with E-state index >= 15 is 4.39 Å². The zero-order valence-corrected chi connectivity index (χ0v) is 16.1. The predicted octanol–water partition coefficient (Wildman–Crippen LogP) is 3.32. The molecule has 0 saturated carbocycles. The molecule has 0 aliphatic carbocycles. The Kier molecular flexibility index (Phi) is 5.28. The van der Waals surface area contributed by atoms with Crippen LogP contribution in [0.25, 0.3) is 11.2 Å². The van der Waals surface area contributed by atoms with Crippen molar-refractivity contribution in [1.82, 2.24) is 18.8 Å². The molecule has 8 nitrogen and oxygen atoms in total. The van der Waals surface area contributed by atoms with E-state index in [1.807, 2.05) is 0 Å². The van der Waals surface area contributed by atoms with Gasteiger partial charge in [-0.05, 0) is 18.2 Å². The molecule has 0 saturated heterocycles. The minimum absolute atomic E-state index is 0.106. The van der Waals surface area contributed by atoms with Crippen LogP contribution in [0.5, 0.6) is 0 Å². The fourth-order valence-electron chi connectivity index (χ4n) is 2.63. The second kappa shape index (κ2) is 7.28. The van der Waals surface area contributed by atoms with Gasteiger partial charge in [-0.2, -0.15) is 4.31 Å². The van der Waals surface area contributed by atoms with Crippen LogP contribution in [0.2, 0.25) is 5.02 Å². The lowest BCUT2D eigenvalue weighted by molar-refractivity contribution is -0.104. The smallest absolute Gasteiger partial charge is 0.418 e. The van der Waals surface area contributed by atoms with Crippen molar-refractivity contribution in [2.24, 2.45) is 0 Å². The number of alkyl halides is 3. The number of imidazole rings is 1. The van der Waals surface area contributed by atoms with Crippen molar-refractivity contribution in [2.75, 3.05) is 7.05 Å². The van der Waals surface area contributed by atoms with Crippen LogP contribution in [0.15, 0.2) is 47.8 Å². The summed E-state index contributed by atoms with van der Waals surface area (Å²) in [5, 5.41) is 9.17. The van der Waals surface area contributed by atoms with Gasteiger partial charge in [-0.25, -0.2) is 40.9 Å². The van der Waals surface area contributed by atoms with Gasteiger partial charge in [0.25, 0.3) is 12.2 Å². The van der Waals surface area contributed by atoms with Crippen LogP contribution in [0.3, 0.4) is 0 Å². The molecule has 29 heavy (non-hydrogen) atoms. The molecule has 0 spiro atoms. The number of nitrogens with zero attached hydrogens (tertiary/aromatic N) is 4. The number of pyridine rings is 1. The number of sulfonamides is 1. The summed E-state index contributed by atoms with van der Waals surface area (Å²) < 4.78 is 69.0. The highest BCUT2D eigenvalue weighted by atomic mass is 35.5. The molecular weight excluding hydrogens is 437 g/mol. The summed E-state index contributed by atoms with van der Waals surface area (Å²) in [7, 11) is -4.15. The molecule has 3 aromatic rings. The van der Waals surface area contributed by atoms with Gasteiger partial charge in [0, 0.05) is 23.8 Å². The van der Waals surface area contributed by atoms with Gasteiger partial charge >= 0.3 is 6.09 Å². The van der Waals surface area contributed by atoms with Crippen LogP contribution in [0.4, 0.5) is 18.0 Å². The van der Waals surface area contributed by atoms with Crippen molar-refractivity contribution in [1.29, 1.82) is 0 Å². The standard InChI is InChI=1S/C16H12ClF3N4O4S/c1-23(16(20,14(18)19)9-2-4-10(17)5-3-9)29(27,28)11-6-12-13(21-7-11)24(8-22-12)15(25)26/h2-8,14H,1H3,(H,25,26). The molecule has 0 aliphatic heterocycles. The van der Waals surface area contributed by atoms with Crippen molar-refractivity contribution < 1.29 is 31.5 Å². The number of rotatable bonds is 5. The highest BCUT2D eigenvalue weighted by Gasteiger charge is 2.51. The van der Waals surface area contributed by atoms with Gasteiger partial charge in [0.1, 0.15) is 16.7 Å². The average molecular weight is 449 g/mol. The average Bonchev–Trinajstić information content (AvgIpc) is 3.10. The summed E-state index contributed by atoms with van der Waals surface area (Å²) in [5.41, 5.74) is -0.917. The van der Waals surface area contributed by atoms with Crippen molar-refractivity contribution >= 4 is 38.9 Å². The largest absolute Gasteiger partial charge is 0.464 e. The SMILES string of the molecule is CN(C(F)(c1ccc(Cl)cc1)C(F)F)S(=O)(=O)c1cnc2c(c1)ncn2C(=O)O. The Bertz CT molecular complexity index is 1190. The van der Waals surface area contributed by atoms with Gasteiger partial charge in [-0.3, -0.25) is 0 Å². The molecule has 0 fully saturated rings. The van der Waals surface area contributed by atoms with E-state index in [9.17, 15) is 22.0 Å². The molecule has 0 bridgehead atoms. The van der Waals surface area contributed by atoms with Crippen molar-refractivity contribution in [3.8, 4) is 0 Å². The van der Waals surface area contributed by atoms with E-state index in [4.69, 9.17) is 16.7 Å². The molecule has 3 rings (SSSR count). The fourth-order valence-corrected chi connectivity index (χ4v) is 4.05. The molecule has 1 unspecified atom stereocenters. The van der Waals surface area contributed by atoms with E-state index in [0.29, 0.717) is 11.6 Å². The highest BCUT2D eigenvalue weighted by Crippen LogP contribution is 2.39. The first-order valence-electron chi connectivity index (χ1n) is 7.78. The van der Waals surface area contributed by atoms with Gasteiger partial charge in [0.15, 0.2) is 5.65 Å². The molecule has 0 radical (unpaired) electrons. The van der Waals surface area contributed by atoms with E-state index < -0.39 is 38.8 Å². The van der Waals surface area contributed by atoms with E-state index in [2.05, 4.69) is 9.97 Å². The fraction of sp³-hybridized carbons (Fsp3) is 0.188. The van der Waals surface area contributed by atoms with Crippen LogP contribution in [0.1, 0.15) is 5.56 Å². The molecule has 2 aromatic heterocycles. The predicted molar refractivity (Wildman–Crippen MR) is 96.1 cm³/mol. The normalized spacial score (nSPS) is 14.4. The minimum atomic E-state index is -4.82. The number of carboxylic acid groups (broad SMARTS) is 1. The third-order valence-electron chi connectivity index (χ3n) is 4.22. The molecule has 2 heterocycles. The van der Waals surface area contributed by atoms with E-state index in [-0.39, 0.29) is 20.5 Å². The first kappa shape index (κ1) is 21.0. The summed E-state index contributed by atoms with van der Waals surface area (Å²) in [6, 6.07) is 5.13. The van der Waals surface area contributed by atoms with Crippen LogP contribution in [-0.4, -0.2) is 51.9 Å². The lowest BCUT2D eigenvalue weighted by Gasteiger charge is -2.33. The van der Waals surface area contributed by atoms with Gasteiger partial charge in [-0.15, -0.1) is 0 Å². The lowest BCUT2D eigenvalue weighted by atomic mass is 10.1. The Morgan fingerprint density at radius 2 is 1.90 bits per heavy atom. The van der Waals surface area contributed by atoms with Crippen LogP contribution < -0.4 is 0 Å². The number of halogens is 4. The Morgan fingerprint density at radius 3 is 2.45 bits per heavy atom. The van der Waals surface area contributed by atoms with Crippen molar-refractivity contribution in [3.05, 3.63) is 53.4 Å². The topological polar surface area (TPSA) is 105 Å². The highest BCUT2D eigenvalue weighted by molar-refractivity contribution is 7.89. The summed E-state index contributed by atoms with van der Waals surface area (Å²) in [6.45, 7) is 0. The van der Waals surface area contributed by atoms with Crippen LogP contribution in [-0.2, 0) is 15.8 Å². The second-order valence-electron chi connectivity index (χ2n) is 5.86. The quantitative estimate of drug-likeness (QED) is 0.600. The lowest BCUT2D eigenvalue weighted by Crippen LogP contribution is -2.48. The summed E-state index contributed by atoms with van der Waals surface area (Å²) in [6.07, 6.45) is -3.50. The first-order chi connectivity index (χ1) is 13.5. The van der Waals surface area contributed by atoms with Crippen LogP contribution >= 0.6 is 11.6 Å². The maximum Gasteiger partial charge on any atom is 0.418 e. The molecule has 1 atom stereocenters. The monoisotopic (exact) mass is 448 g/mol. The third kappa shape index (κ3) is 3.43. The number of aromatic nitrogens is 3. The maximum absolute atomic E-state index is 15.4. The van der Waals surface area contributed by atoms with Gasteiger partial charge in [0.05, 0.1) is 0 Å². The first-order valence-corrected chi connectivity index (χ1v) is 9.60. The van der Waals surface area contributed by atoms with Gasteiger partial charge in [-0.1, -0.05) is 23.7 Å². The number of benzene rings is 1. The number of carbonyl (C=O) groups is 1. The second-order valence-corrected chi connectivity index (χ2v) is 8.27. The molecule has 13 heteroatoms. The third-order valence-corrected chi connectivity index (χ3v) is 6.28. The Labute approximate surface area is 167 Å². The van der Waals surface area contributed by atoms with E-state index in [1.165, 1.54) is 0 Å². The maximum atomic E-state index is 15.4.